The molecule has 1 atom stereocenters. The highest BCUT2D eigenvalue weighted by molar-refractivity contribution is 5.47. The van der Waals surface area contributed by atoms with Crippen LogP contribution in [-0.4, -0.2) is 34.8 Å². The zero-order valence-corrected chi connectivity index (χ0v) is 11.6. The van der Waals surface area contributed by atoms with Crippen LogP contribution in [0.3, 0.4) is 0 Å². The summed E-state index contributed by atoms with van der Waals surface area (Å²) in [6, 6.07) is 4.84. The number of aliphatic hydroxyl groups is 1. The normalized spacial score (nSPS) is 27.6. The number of hydrogen-bond donors (Lipinski definition) is 2. The molecule has 0 amide bonds. The van der Waals surface area contributed by atoms with Gasteiger partial charge in [0.25, 0.3) is 0 Å². The molecule has 4 nitrogen and oxygen atoms in total. The number of β-amino-alcohol motifs (C(OH)–C–C–N with tert-alkyl or cyclic N) is 1. The Hall–Kier alpha value is -1.13. The minimum atomic E-state index is -0.586. The lowest BCUT2D eigenvalue weighted by molar-refractivity contribution is 0.0446. The van der Waals surface area contributed by atoms with Crippen LogP contribution < -0.4 is 10.2 Å². The molecule has 2 N–H and O–H groups in total. The lowest BCUT2D eigenvalue weighted by Gasteiger charge is -2.38. The number of aromatic nitrogens is 1. The van der Waals surface area contributed by atoms with Crippen molar-refractivity contribution in [1.29, 1.82) is 0 Å². The molecule has 3 rings (SSSR count). The molecule has 1 aliphatic heterocycles. The highest BCUT2D eigenvalue weighted by Crippen LogP contribution is 2.27. The van der Waals surface area contributed by atoms with E-state index in [-0.39, 0.29) is 0 Å². The maximum atomic E-state index is 10.2. The van der Waals surface area contributed by atoms with Gasteiger partial charge >= 0.3 is 0 Å². The third-order valence-electron chi connectivity index (χ3n) is 4.00. The Balaban J connectivity index is 1.74. The fourth-order valence-electron chi connectivity index (χ4n) is 2.80. The molecule has 2 heterocycles. The van der Waals surface area contributed by atoms with Gasteiger partial charge < -0.3 is 15.3 Å². The number of pyridine rings is 1. The van der Waals surface area contributed by atoms with Crippen LogP contribution in [0.25, 0.3) is 0 Å². The van der Waals surface area contributed by atoms with Crippen LogP contribution in [0.4, 0.5) is 5.82 Å². The topological polar surface area (TPSA) is 48.4 Å². The van der Waals surface area contributed by atoms with Crippen molar-refractivity contribution in [1.82, 2.24) is 10.3 Å². The average molecular weight is 261 g/mol. The maximum Gasteiger partial charge on any atom is 0.133 e. The van der Waals surface area contributed by atoms with Crippen molar-refractivity contribution < 1.29 is 5.11 Å². The molecule has 2 aliphatic rings. The first-order valence-corrected chi connectivity index (χ1v) is 7.29. The van der Waals surface area contributed by atoms with Crippen LogP contribution in [-0.2, 0) is 6.54 Å². The van der Waals surface area contributed by atoms with Gasteiger partial charge in [-0.05, 0) is 38.7 Å². The highest BCUT2D eigenvalue weighted by atomic mass is 16.3. The molecule has 0 spiro atoms. The predicted molar refractivity (Wildman–Crippen MR) is 76.2 cm³/mol. The molecular formula is C15H23N3O. The Kier molecular flexibility index (Phi) is 3.46. The Morgan fingerprint density at radius 1 is 1.53 bits per heavy atom. The quantitative estimate of drug-likeness (QED) is 0.866. The van der Waals surface area contributed by atoms with Gasteiger partial charge in [0.2, 0.25) is 0 Å². The SMILES string of the molecule is CC1(O)CCCN(c2ncccc2CNC2CC2)C1. The predicted octanol–water partition coefficient (Wildman–Crippen LogP) is 1.68. The molecule has 19 heavy (non-hydrogen) atoms. The summed E-state index contributed by atoms with van der Waals surface area (Å²) in [7, 11) is 0. The van der Waals surface area contributed by atoms with E-state index in [2.05, 4.69) is 21.3 Å². The Labute approximate surface area is 114 Å². The van der Waals surface area contributed by atoms with E-state index in [1.54, 1.807) is 0 Å². The van der Waals surface area contributed by atoms with Gasteiger partial charge in [0.1, 0.15) is 5.82 Å². The Morgan fingerprint density at radius 2 is 2.37 bits per heavy atom. The van der Waals surface area contributed by atoms with Crippen LogP contribution in [0.1, 0.15) is 38.2 Å². The molecule has 0 bridgehead atoms. The van der Waals surface area contributed by atoms with E-state index in [4.69, 9.17) is 0 Å². The summed E-state index contributed by atoms with van der Waals surface area (Å²) in [6.07, 6.45) is 6.35. The van der Waals surface area contributed by atoms with E-state index in [0.29, 0.717) is 12.6 Å². The summed E-state index contributed by atoms with van der Waals surface area (Å²) in [5.41, 5.74) is 0.656. The Morgan fingerprint density at radius 3 is 3.11 bits per heavy atom. The molecule has 104 valence electrons. The summed E-state index contributed by atoms with van der Waals surface area (Å²) in [5.74, 6) is 1.04. The molecule has 1 aliphatic carbocycles. The largest absolute Gasteiger partial charge is 0.388 e. The van der Waals surface area contributed by atoms with Crippen LogP contribution in [0.5, 0.6) is 0 Å². The second-order valence-corrected chi connectivity index (χ2v) is 6.16. The second kappa shape index (κ2) is 5.10. The molecule has 1 unspecified atom stereocenters. The fourth-order valence-corrected chi connectivity index (χ4v) is 2.80. The minimum Gasteiger partial charge on any atom is -0.388 e. The van der Waals surface area contributed by atoms with Gasteiger partial charge in [-0.25, -0.2) is 4.98 Å². The third kappa shape index (κ3) is 3.25. The lowest BCUT2D eigenvalue weighted by Crippen LogP contribution is -2.46. The van der Waals surface area contributed by atoms with Gasteiger partial charge in [0.05, 0.1) is 5.60 Å². The van der Waals surface area contributed by atoms with Crippen molar-refractivity contribution >= 4 is 5.82 Å². The number of hydrogen-bond acceptors (Lipinski definition) is 4. The van der Waals surface area contributed by atoms with Crippen molar-refractivity contribution in [2.24, 2.45) is 0 Å². The highest BCUT2D eigenvalue weighted by Gasteiger charge is 2.30. The average Bonchev–Trinajstić information content (AvgIpc) is 3.19. The lowest BCUT2D eigenvalue weighted by atomic mass is 9.95. The standard InChI is InChI=1S/C15H23N3O/c1-15(19)7-3-9-18(11-15)14-12(4-2-8-16-14)10-17-13-5-6-13/h2,4,8,13,17,19H,3,5-7,9-11H2,1H3. The summed E-state index contributed by atoms with van der Waals surface area (Å²) in [6.45, 7) is 4.47. The molecule has 1 aromatic heterocycles. The molecular weight excluding hydrogens is 238 g/mol. The summed E-state index contributed by atoms with van der Waals surface area (Å²) in [4.78, 5) is 6.77. The van der Waals surface area contributed by atoms with Crippen molar-refractivity contribution in [3.8, 4) is 0 Å². The van der Waals surface area contributed by atoms with E-state index >= 15 is 0 Å². The molecule has 2 fully saturated rings. The Bertz CT molecular complexity index is 443. The zero-order valence-electron chi connectivity index (χ0n) is 11.6. The summed E-state index contributed by atoms with van der Waals surface area (Å²) in [5, 5.41) is 13.8. The molecule has 0 radical (unpaired) electrons. The van der Waals surface area contributed by atoms with Crippen LogP contribution in [0.2, 0.25) is 0 Å². The van der Waals surface area contributed by atoms with Gasteiger partial charge in [-0.3, -0.25) is 0 Å². The van der Waals surface area contributed by atoms with Crippen LogP contribution >= 0.6 is 0 Å². The first-order valence-electron chi connectivity index (χ1n) is 7.29. The minimum absolute atomic E-state index is 0.586. The van der Waals surface area contributed by atoms with Gasteiger partial charge in [-0.15, -0.1) is 0 Å². The number of piperidine rings is 1. The van der Waals surface area contributed by atoms with Crippen molar-refractivity contribution in [2.45, 2.75) is 50.8 Å². The second-order valence-electron chi connectivity index (χ2n) is 6.16. The van der Waals surface area contributed by atoms with Crippen LogP contribution in [0, 0.1) is 0 Å². The maximum absolute atomic E-state index is 10.2. The van der Waals surface area contributed by atoms with E-state index in [1.807, 2.05) is 19.2 Å². The van der Waals surface area contributed by atoms with Gasteiger partial charge in [-0.2, -0.15) is 0 Å². The van der Waals surface area contributed by atoms with Crippen molar-refractivity contribution in [3.63, 3.8) is 0 Å². The zero-order chi connectivity index (χ0) is 13.3. The van der Waals surface area contributed by atoms with E-state index in [0.717, 1.165) is 31.7 Å². The summed E-state index contributed by atoms with van der Waals surface area (Å²) >= 11 is 0. The molecule has 0 aromatic carbocycles. The number of nitrogens with zero attached hydrogens (tertiary/aromatic N) is 2. The molecule has 1 aromatic rings. The third-order valence-corrected chi connectivity index (χ3v) is 4.00. The smallest absolute Gasteiger partial charge is 0.133 e. The first kappa shape index (κ1) is 12.9. The fraction of sp³-hybridized carbons (Fsp3) is 0.667. The van der Waals surface area contributed by atoms with Gasteiger partial charge in [-0.1, -0.05) is 6.07 Å². The summed E-state index contributed by atoms with van der Waals surface area (Å²) < 4.78 is 0. The molecule has 1 saturated carbocycles. The number of rotatable bonds is 4. The monoisotopic (exact) mass is 261 g/mol. The van der Waals surface area contributed by atoms with E-state index < -0.39 is 5.60 Å². The van der Waals surface area contributed by atoms with Gasteiger partial charge in [0, 0.05) is 37.4 Å². The number of nitrogens with one attached hydrogen (secondary N) is 1. The van der Waals surface area contributed by atoms with E-state index in [1.165, 1.54) is 18.4 Å². The molecule has 4 heteroatoms. The molecule has 1 saturated heterocycles. The van der Waals surface area contributed by atoms with Crippen molar-refractivity contribution in [3.05, 3.63) is 23.9 Å². The van der Waals surface area contributed by atoms with E-state index in [9.17, 15) is 5.11 Å². The number of anilines is 1. The van der Waals surface area contributed by atoms with Crippen molar-refractivity contribution in [2.75, 3.05) is 18.0 Å². The van der Waals surface area contributed by atoms with Gasteiger partial charge in [0.15, 0.2) is 0 Å². The first-order chi connectivity index (χ1) is 9.14. The van der Waals surface area contributed by atoms with Crippen LogP contribution in [0.15, 0.2) is 18.3 Å².